The van der Waals surface area contributed by atoms with Crippen LogP contribution in [0.2, 0.25) is 0 Å². The lowest BCUT2D eigenvalue weighted by Crippen LogP contribution is -2.01. The first-order chi connectivity index (χ1) is 7.63. The smallest absolute Gasteiger partial charge is 0.330 e. The molecule has 1 aromatic carbocycles. The second-order valence-electron chi connectivity index (χ2n) is 2.96. The van der Waals surface area contributed by atoms with E-state index in [9.17, 15) is 9.59 Å². The van der Waals surface area contributed by atoms with Crippen molar-refractivity contribution < 1.29 is 14.3 Å². The van der Waals surface area contributed by atoms with E-state index in [1.807, 2.05) is 12.1 Å². The number of ether oxygens (including phenoxy) is 1. The van der Waals surface area contributed by atoms with Gasteiger partial charge in [-0.1, -0.05) is 12.1 Å². The molecule has 1 rings (SSSR count). The Balaban J connectivity index is 2.65. The van der Waals surface area contributed by atoms with Gasteiger partial charge in [0, 0.05) is 15.2 Å². The number of hydrogen-bond acceptors (Lipinski definition) is 3. The van der Waals surface area contributed by atoms with E-state index in [0.29, 0.717) is 12.2 Å². The minimum Gasteiger partial charge on any atom is -0.463 e. The van der Waals surface area contributed by atoms with Crippen molar-refractivity contribution in [2.75, 3.05) is 6.61 Å². The number of rotatable bonds is 4. The fourth-order valence-corrected chi connectivity index (χ4v) is 1.40. The monoisotopic (exact) mass is 330 g/mol. The van der Waals surface area contributed by atoms with Gasteiger partial charge in [0.1, 0.15) is 0 Å². The fraction of sp³-hybridized carbons (Fsp3) is 0.167. The van der Waals surface area contributed by atoms with E-state index in [1.54, 1.807) is 19.1 Å². The fourth-order valence-electron chi connectivity index (χ4n) is 1.04. The molecule has 4 heteroatoms. The van der Waals surface area contributed by atoms with E-state index >= 15 is 0 Å². The molecule has 0 amide bonds. The highest BCUT2D eigenvalue weighted by Gasteiger charge is 2.02. The first-order valence-electron chi connectivity index (χ1n) is 4.78. The third-order valence-electron chi connectivity index (χ3n) is 1.79. The number of halogens is 1. The molecule has 0 unspecified atom stereocenters. The van der Waals surface area contributed by atoms with Gasteiger partial charge in [-0.05, 0) is 47.7 Å². The molecular weight excluding hydrogens is 319 g/mol. The summed E-state index contributed by atoms with van der Waals surface area (Å²) in [5.41, 5.74) is 0.556. The predicted octanol–water partition coefficient (Wildman–Crippen LogP) is 2.59. The van der Waals surface area contributed by atoms with Crippen LogP contribution in [-0.2, 0) is 9.53 Å². The molecule has 0 aromatic heterocycles. The maximum Gasteiger partial charge on any atom is 0.330 e. The Hall–Kier alpha value is -1.17. The number of benzene rings is 1. The highest BCUT2D eigenvalue weighted by molar-refractivity contribution is 14.1. The summed E-state index contributed by atoms with van der Waals surface area (Å²) in [6, 6.07) is 7.12. The SMILES string of the molecule is CCOC(=O)C=CC(=O)c1ccc(I)cc1. The largest absolute Gasteiger partial charge is 0.463 e. The van der Waals surface area contributed by atoms with Crippen molar-refractivity contribution >= 4 is 34.3 Å². The van der Waals surface area contributed by atoms with Crippen LogP contribution in [-0.4, -0.2) is 18.4 Å². The van der Waals surface area contributed by atoms with Crippen molar-refractivity contribution in [1.82, 2.24) is 0 Å². The molecule has 16 heavy (non-hydrogen) atoms. The van der Waals surface area contributed by atoms with Crippen LogP contribution in [0.4, 0.5) is 0 Å². The maximum absolute atomic E-state index is 11.6. The summed E-state index contributed by atoms with van der Waals surface area (Å²) in [7, 11) is 0. The van der Waals surface area contributed by atoms with E-state index < -0.39 is 5.97 Å². The van der Waals surface area contributed by atoms with Crippen molar-refractivity contribution in [3.8, 4) is 0 Å². The van der Waals surface area contributed by atoms with Crippen molar-refractivity contribution in [2.45, 2.75) is 6.92 Å². The standard InChI is InChI=1S/C12H11IO3/c1-2-16-12(15)8-7-11(14)9-3-5-10(13)6-4-9/h3-8H,2H2,1H3. The van der Waals surface area contributed by atoms with Gasteiger partial charge in [-0.15, -0.1) is 0 Å². The highest BCUT2D eigenvalue weighted by atomic mass is 127. The Morgan fingerprint density at radius 3 is 2.44 bits per heavy atom. The number of ketones is 1. The number of allylic oxidation sites excluding steroid dienone is 1. The van der Waals surface area contributed by atoms with Gasteiger partial charge < -0.3 is 4.74 Å². The van der Waals surface area contributed by atoms with Gasteiger partial charge in [0.05, 0.1) is 6.61 Å². The van der Waals surface area contributed by atoms with E-state index in [4.69, 9.17) is 0 Å². The second-order valence-corrected chi connectivity index (χ2v) is 4.20. The average Bonchev–Trinajstić information content (AvgIpc) is 2.27. The second kappa shape index (κ2) is 6.42. The number of esters is 1. The summed E-state index contributed by atoms with van der Waals surface area (Å²) in [5, 5.41) is 0. The molecule has 0 aliphatic carbocycles. The minimum atomic E-state index is -0.499. The van der Waals surface area contributed by atoms with Crippen LogP contribution in [0.1, 0.15) is 17.3 Å². The zero-order chi connectivity index (χ0) is 12.0. The molecule has 1 aromatic rings. The van der Waals surface area contributed by atoms with Crippen LogP contribution in [0.3, 0.4) is 0 Å². The molecule has 0 atom stereocenters. The molecule has 0 spiro atoms. The lowest BCUT2D eigenvalue weighted by molar-refractivity contribution is -0.137. The van der Waals surface area contributed by atoms with E-state index in [0.717, 1.165) is 9.65 Å². The van der Waals surface area contributed by atoms with Crippen LogP contribution < -0.4 is 0 Å². The first kappa shape index (κ1) is 12.9. The summed E-state index contributed by atoms with van der Waals surface area (Å²) in [4.78, 5) is 22.5. The molecule has 0 heterocycles. The molecule has 0 aliphatic rings. The van der Waals surface area contributed by atoms with E-state index in [-0.39, 0.29) is 5.78 Å². The Morgan fingerprint density at radius 2 is 1.88 bits per heavy atom. The average molecular weight is 330 g/mol. The quantitative estimate of drug-likeness (QED) is 0.369. The van der Waals surface area contributed by atoms with Gasteiger partial charge in [0.25, 0.3) is 0 Å². The maximum atomic E-state index is 11.6. The van der Waals surface area contributed by atoms with Gasteiger partial charge in [0.2, 0.25) is 0 Å². The first-order valence-corrected chi connectivity index (χ1v) is 5.86. The normalized spacial score (nSPS) is 10.4. The lowest BCUT2D eigenvalue weighted by Gasteiger charge is -1.96. The minimum absolute atomic E-state index is 0.204. The van der Waals surface area contributed by atoms with Crippen molar-refractivity contribution in [2.24, 2.45) is 0 Å². The summed E-state index contributed by atoms with van der Waals surface area (Å²) < 4.78 is 5.73. The Bertz CT molecular complexity index is 407. The van der Waals surface area contributed by atoms with Crippen LogP contribution in [0.25, 0.3) is 0 Å². The molecule has 0 bridgehead atoms. The molecule has 0 N–H and O–H groups in total. The van der Waals surface area contributed by atoms with E-state index in [2.05, 4.69) is 27.3 Å². The summed E-state index contributed by atoms with van der Waals surface area (Å²) in [5.74, 6) is -0.703. The lowest BCUT2D eigenvalue weighted by atomic mass is 10.1. The summed E-state index contributed by atoms with van der Waals surface area (Å²) >= 11 is 2.16. The Kier molecular flexibility index (Phi) is 5.18. The van der Waals surface area contributed by atoms with Crippen molar-refractivity contribution in [3.05, 3.63) is 45.6 Å². The van der Waals surface area contributed by atoms with Crippen LogP contribution in [0, 0.1) is 3.57 Å². The number of hydrogen-bond donors (Lipinski definition) is 0. The van der Waals surface area contributed by atoms with Gasteiger partial charge in [-0.2, -0.15) is 0 Å². The molecule has 0 saturated carbocycles. The molecule has 3 nitrogen and oxygen atoms in total. The van der Waals surface area contributed by atoms with Crippen molar-refractivity contribution in [3.63, 3.8) is 0 Å². The van der Waals surface area contributed by atoms with Crippen LogP contribution in [0.5, 0.6) is 0 Å². The summed E-state index contributed by atoms with van der Waals surface area (Å²) in [6.07, 6.45) is 2.37. The Labute approximate surface area is 108 Å². The number of carbonyl (C=O) groups is 2. The number of carbonyl (C=O) groups excluding carboxylic acids is 2. The Morgan fingerprint density at radius 1 is 1.25 bits per heavy atom. The third-order valence-corrected chi connectivity index (χ3v) is 2.51. The third kappa shape index (κ3) is 4.14. The van der Waals surface area contributed by atoms with Gasteiger partial charge in [0.15, 0.2) is 5.78 Å². The van der Waals surface area contributed by atoms with Crippen molar-refractivity contribution in [1.29, 1.82) is 0 Å². The highest BCUT2D eigenvalue weighted by Crippen LogP contribution is 2.07. The zero-order valence-corrected chi connectivity index (χ0v) is 10.9. The molecular formula is C12H11IO3. The molecule has 0 saturated heterocycles. The van der Waals surface area contributed by atoms with Gasteiger partial charge in [-0.25, -0.2) is 4.79 Å². The molecule has 84 valence electrons. The van der Waals surface area contributed by atoms with Gasteiger partial charge >= 0.3 is 5.97 Å². The molecule has 0 radical (unpaired) electrons. The predicted molar refractivity (Wildman–Crippen MR) is 69.3 cm³/mol. The summed E-state index contributed by atoms with van der Waals surface area (Å²) in [6.45, 7) is 2.02. The van der Waals surface area contributed by atoms with Crippen LogP contribution >= 0.6 is 22.6 Å². The topological polar surface area (TPSA) is 43.4 Å². The molecule has 0 fully saturated rings. The zero-order valence-electron chi connectivity index (χ0n) is 8.77. The van der Waals surface area contributed by atoms with E-state index in [1.165, 1.54) is 6.08 Å². The van der Waals surface area contributed by atoms with Crippen LogP contribution in [0.15, 0.2) is 36.4 Å². The van der Waals surface area contributed by atoms with Gasteiger partial charge in [-0.3, -0.25) is 4.79 Å². The molecule has 0 aliphatic heterocycles.